The third-order valence-electron chi connectivity index (χ3n) is 7.35. The molecule has 1 atom stereocenters. The molecule has 0 aliphatic carbocycles. The van der Waals surface area contributed by atoms with Gasteiger partial charge in [-0.25, -0.2) is 9.59 Å². The molecule has 2 aromatic heterocycles. The van der Waals surface area contributed by atoms with Gasteiger partial charge in [0.2, 0.25) is 5.91 Å². The third kappa shape index (κ3) is 12.1. The van der Waals surface area contributed by atoms with Crippen LogP contribution in [0.15, 0.2) is 64.2 Å². The highest BCUT2D eigenvalue weighted by molar-refractivity contribution is 5.98. The highest BCUT2D eigenvalue weighted by Crippen LogP contribution is 2.07. The van der Waals surface area contributed by atoms with Crippen LogP contribution in [0.4, 0.5) is 4.79 Å². The van der Waals surface area contributed by atoms with Gasteiger partial charge in [-0.2, -0.15) is 0 Å². The van der Waals surface area contributed by atoms with Crippen molar-refractivity contribution >= 4 is 35.6 Å². The van der Waals surface area contributed by atoms with Gasteiger partial charge in [0, 0.05) is 26.7 Å². The fourth-order valence-corrected chi connectivity index (χ4v) is 4.66. The number of aromatic nitrogens is 2. The van der Waals surface area contributed by atoms with E-state index in [1.54, 1.807) is 51.1 Å². The number of ketones is 1. The van der Waals surface area contributed by atoms with Gasteiger partial charge in [-0.15, -0.1) is 4.73 Å². The average Bonchev–Trinajstić information content (AvgIpc) is 3.12. The number of nitrogens with one attached hydrogen (secondary N) is 4. The van der Waals surface area contributed by atoms with Crippen molar-refractivity contribution in [2.45, 2.75) is 45.9 Å². The Morgan fingerprint density at radius 3 is 2.04 bits per heavy atom. The second-order valence-electron chi connectivity index (χ2n) is 12.6. The normalized spacial score (nSPS) is 11.4. The topological polar surface area (TPSA) is 231 Å². The van der Waals surface area contributed by atoms with Crippen LogP contribution in [0.1, 0.15) is 75.0 Å². The van der Waals surface area contributed by atoms with Gasteiger partial charge in [0.05, 0.1) is 25.9 Å². The van der Waals surface area contributed by atoms with Gasteiger partial charge < -0.3 is 44.9 Å². The minimum Gasteiger partial charge on any atom is -0.465 e. The van der Waals surface area contributed by atoms with Crippen LogP contribution in [0.5, 0.6) is 0 Å². The van der Waals surface area contributed by atoms with E-state index in [0.29, 0.717) is 10.3 Å². The van der Waals surface area contributed by atoms with Crippen LogP contribution in [0.25, 0.3) is 0 Å². The maximum Gasteiger partial charge on any atom is 0.407 e. The van der Waals surface area contributed by atoms with E-state index in [-0.39, 0.29) is 44.2 Å². The first-order valence-electron chi connectivity index (χ1n) is 16.7. The molecular weight excluding hydrogens is 708 g/mol. The Hall–Kier alpha value is -6.30. The maximum atomic E-state index is 13.7. The molecule has 54 heavy (non-hydrogen) atoms. The minimum atomic E-state index is -1.47. The second-order valence-corrected chi connectivity index (χ2v) is 12.6. The van der Waals surface area contributed by atoms with Gasteiger partial charge in [-0.05, 0) is 57.5 Å². The number of alkyl carbamates (subject to hydrolysis) is 1. The fourth-order valence-electron chi connectivity index (χ4n) is 4.66. The second kappa shape index (κ2) is 19.5. The summed E-state index contributed by atoms with van der Waals surface area (Å²) in [5.74, 6) is -4.03. The summed E-state index contributed by atoms with van der Waals surface area (Å²) in [7, 11) is 2.38. The minimum absolute atomic E-state index is 0.00122. The lowest BCUT2D eigenvalue weighted by atomic mass is 10.1. The van der Waals surface area contributed by atoms with Gasteiger partial charge >= 0.3 is 12.1 Å². The number of carbonyl (C=O) groups is 6. The number of amides is 4. The first-order valence-corrected chi connectivity index (χ1v) is 16.7. The molecule has 18 heteroatoms. The largest absolute Gasteiger partial charge is 0.465 e. The Bertz CT molecular complexity index is 1970. The monoisotopic (exact) mass is 752 g/mol. The predicted molar refractivity (Wildman–Crippen MR) is 192 cm³/mol. The molecule has 1 unspecified atom stereocenters. The summed E-state index contributed by atoms with van der Waals surface area (Å²) in [6.45, 7) is 5.87. The van der Waals surface area contributed by atoms with Crippen LogP contribution in [0, 0.1) is 0 Å². The molecule has 0 radical (unpaired) electrons. The molecule has 0 aliphatic heterocycles. The van der Waals surface area contributed by atoms with Crippen molar-refractivity contribution in [3.05, 3.63) is 103 Å². The van der Waals surface area contributed by atoms with Crippen LogP contribution in [-0.2, 0) is 32.7 Å². The van der Waals surface area contributed by atoms with Crippen molar-refractivity contribution < 1.29 is 47.8 Å². The molecule has 4 amide bonds. The Kier molecular flexibility index (Phi) is 15.2. The van der Waals surface area contributed by atoms with Crippen molar-refractivity contribution in [1.82, 2.24) is 30.6 Å². The number of Topliss-reactive ketones (excluding diaryl/α,β-unsaturated/α-hetero) is 1. The van der Waals surface area contributed by atoms with Crippen molar-refractivity contribution in [2.75, 3.05) is 40.0 Å². The highest BCUT2D eigenvalue weighted by atomic mass is 16.7. The standard InChI is InChI=1S/C36H44N6O12/c1-22(43)24-12-14-27(41(5)32(24)47)30(45)39-20-26(29(44)37-16-18-52-19-17-38-35(50)54-36(2,3)4)40-31(46)28-15-13-25(34(49)51-6)33(48)42(28)53-21-23-10-8-7-9-11-23/h7-15,26H,16-21H2,1-6H3,(H,37,44)(H,38,50)(H,39,45)(H,40,46). The molecule has 18 nitrogen and oxygen atoms in total. The average molecular weight is 753 g/mol. The van der Waals surface area contributed by atoms with Crippen molar-refractivity contribution in [3.63, 3.8) is 0 Å². The molecule has 0 saturated heterocycles. The van der Waals surface area contributed by atoms with E-state index in [4.69, 9.17) is 14.3 Å². The number of ether oxygens (including phenoxy) is 3. The van der Waals surface area contributed by atoms with Crippen molar-refractivity contribution in [1.29, 1.82) is 0 Å². The summed E-state index contributed by atoms with van der Waals surface area (Å²) >= 11 is 0. The number of carbonyl (C=O) groups excluding carboxylic acids is 6. The SMILES string of the molecule is COC(=O)c1ccc(C(=O)NC(CNC(=O)c2ccc(C(C)=O)c(=O)n2C)C(=O)NCCOCCNC(=O)OC(C)(C)C)n(OCc2ccccc2)c1=O. The quantitative estimate of drug-likeness (QED) is 0.0832. The van der Waals surface area contributed by atoms with E-state index in [1.807, 2.05) is 0 Å². The highest BCUT2D eigenvalue weighted by Gasteiger charge is 2.27. The number of methoxy groups -OCH3 is 1. The van der Waals surface area contributed by atoms with Crippen LogP contribution < -0.4 is 37.2 Å². The first-order chi connectivity index (χ1) is 25.5. The Morgan fingerprint density at radius 2 is 1.41 bits per heavy atom. The zero-order valence-electron chi connectivity index (χ0n) is 30.8. The molecule has 0 spiro atoms. The number of hydrogen-bond acceptors (Lipinski definition) is 12. The van der Waals surface area contributed by atoms with Crippen LogP contribution >= 0.6 is 0 Å². The predicted octanol–water partition coefficient (Wildman–Crippen LogP) is 0.351. The van der Waals surface area contributed by atoms with E-state index < -0.39 is 76.1 Å². The van der Waals surface area contributed by atoms with E-state index in [9.17, 15) is 38.4 Å². The van der Waals surface area contributed by atoms with Gasteiger partial charge in [0.15, 0.2) is 5.78 Å². The Morgan fingerprint density at radius 1 is 0.778 bits per heavy atom. The molecule has 3 aromatic rings. The summed E-state index contributed by atoms with van der Waals surface area (Å²) in [6.07, 6.45) is -0.620. The molecule has 1 aromatic carbocycles. The Balaban J connectivity index is 1.80. The van der Waals surface area contributed by atoms with E-state index in [1.165, 1.54) is 26.1 Å². The van der Waals surface area contributed by atoms with Crippen LogP contribution in [0.3, 0.4) is 0 Å². The molecular formula is C36H44N6O12. The third-order valence-corrected chi connectivity index (χ3v) is 7.35. The van der Waals surface area contributed by atoms with Gasteiger partial charge in [0.25, 0.3) is 22.9 Å². The Labute approximate surface area is 310 Å². The first kappa shape index (κ1) is 42.1. The van der Waals surface area contributed by atoms with Crippen molar-refractivity contribution in [2.24, 2.45) is 7.05 Å². The summed E-state index contributed by atoms with van der Waals surface area (Å²) < 4.78 is 16.8. The molecule has 0 fully saturated rings. The molecule has 0 saturated carbocycles. The van der Waals surface area contributed by atoms with Crippen molar-refractivity contribution in [3.8, 4) is 0 Å². The number of pyridine rings is 2. The zero-order chi connectivity index (χ0) is 40.0. The number of benzene rings is 1. The molecule has 0 aliphatic rings. The number of esters is 1. The lowest BCUT2D eigenvalue weighted by Gasteiger charge is -2.21. The lowest BCUT2D eigenvalue weighted by Crippen LogP contribution is -2.54. The number of hydrogen-bond donors (Lipinski definition) is 4. The molecule has 2 heterocycles. The molecule has 290 valence electrons. The lowest BCUT2D eigenvalue weighted by molar-refractivity contribution is -0.123. The smallest absolute Gasteiger partial charge is 0.407 e. The molecule has 4 N–H and O–H groups in total. The summed E-state index contributed by atoms with van der Waals surface area (Å²) in [5.41, 5.74) is -2.83. The van der Waals surface area contributed by atoms with E-state index in [0.717, 1.165) is 23.8 Å². The number of nitrogens with zero attached hydrogens (tertiary/aromatic N) is 2. The van der Waals surface area contributed by atoms with Gasteiger partial charge in [-0.3, -0.25) is 28.8 Å². The van der Waals surface area contributed by atoms with E-state index in [2.05, 4.69) is 26.0 Å². The van der Waals surface area contributed by atoms with Gasteiger partial charge in [0.1, 0.15) is 35.2 Å². The van der Waals surface area contributed by atoms with Crippen LogP contribution in [-0.4, -0.2) is 96.5 Å². The summed E-state index contributed by atoms with van der Waals surface area (Å²) in [4.78, 5) is 108. The molecule has 3 rings (SSSR count). The number of rotatable bonds is 17. The van der Waals surface area contributed by atoms with Gasteiger partial charge in [-0.1, -0.05) is 30.3 Å². The summed E-state index contributed by atoms with van der Waals surface area (Å²) in [6, 6.07) is 11.9. The fraction of sp³-hybridized carbons (Fsp3) is 0.389. The van der Waals surface area contributed by atoms with Crippen LogP contribution in [0.2, 0.25) is 0 Å². The summed E-state index contributed by atoms with van der Waals surface area (Å²) in [5, 5.41) is 10.1. The zero-order valence-corrected chi connectivity index (χ0v) is 30.8. The maximum absolute atomic E-state index is 13.7. The van der Waals surface area contributed by atoms with E-state index >= 15 is 0 Å². The molecule has 0 bridgehead atoms.